The molecule has 4 heteroatoms. The Morgan fingerprint density at radius 3 is 2.41 bits per heavy atom. The fourth-order valence-electron chi connectivity index (χ4n) is 2.26. The van der Waals surface area contributed by atoms with Crippen molar-refractivity contribution < 1.29 is 4.39 Å². The van der Waals surface area contributed by atoms with Gasteiger partial charge in [-0.2, -0.15) is 0 Å². The van der Waals surface area contributed by atoms with Gasteiger partial charge in [-0.25, -0.2) is 9.37 Å². The summed E-state index contributed by atoms with van der Waals surface area (Å²) in [6.07, 6.45) is 2.76. The molecule has 1 aromatic heterocycles. The number of aromatic nitrogens is 2. The van der Waals surface area contributed by atoms with Crippen molar-refractivity contribution in [3.05, 3.63) is 71.9 Å². The normalized spacial score (nSPS) is 10.6. The Bertz CT molecular complexity index is 730. The van der Waals surface area contributed by atoms with Gasteiger partial charge in [0.15, 0.2) is 0 Å². The van der Waals surface area contributed by atoms with Crippen LogP contribution >= 0.6 is 0 Å². The molecule has 0 aliphatic rings. The molecular weight excluding hydrogens is 277 g/mol. The Kier molecular flexibility index (Phi) is 4.19. The summed E-state index contributed by atoms with van der Waals surface area (Å²) in [5.74, 6) is 0.785. The quantitative estimate of drug-likeness (QED) is 0.733. The number of benzene rings is 2. The Morgan fingerprint density at radius 2 is 1.77 bits per heavy atom. The predicted octanol–water partition coefficient (Wildman–Crippen LogP) is 4.39. The van der Waals surface area contributed by atoms with Crippen molar-refractivity contribution in [1.29, 1.82) is 0 Å². The van der Waals surface area contributed by atoms with Crippen LogP contribution in [0.2, 0.25) is 0 Å². The second-order valence-electron chi connectivity index (χ2n) is 5.15. The van der Waals surface area contributed by atoms with E-state index in [1.165, 1.54) is 12.1 Å². The van der Waals surface area contributed by atoms with Gasteiger partial charge >= 0.3 is 0 Å². The van der Waals surface area contributed by atoms with Crippen molar-refractivity contribution in [2.45, 2.75) is 19.9 Å². The van der Waals surface area contributed by atoms with Crippen molar-refractivity contribution in [2.75, 3.05) is 5.32 Å². The maximum atomic E-state index is 12.9. The van der Waals surface area contributed by atoms with Gasteiger partial charge in [0.05, 0.1) is 11.9 Å². The van der Waals surface area contributed by atoms with E-state index in [-0.39, 0.29) is 5.82 Å². The molecule has 2 N–H and O–H groups in total. The molecule has 1 heterocycles. The first-order valence-electron chi connectivity index (χ1n) is 7.37. The second kappa shape index (κ2) is 6.43. The minimum Gasteiger partial charge on any atom is -0.381 e. The third kappa shape index (κ3) is 3.34. The van der Waals surface area contributed by atoms with Crippen molar-refractivity contribution in [1.82, 2.24) is 9.97 Å². The van der Waals surface area contributed by atoms with Gasteiger partial charge in [-0.3, -0.25) is 0 Å². The average Bonchev–Trinajstić information content (AvgIpc) is 3.04. The van der Waals surface area contributed by atoms with E-state index >= 15 is 0 Å². The molecule has 3 aromatic rings. The molecule has 0 unspecified atom stereocenters. The van der Waals surface area contributed by atoms with Crippen molar-refractivity contribution in [3.63, 3.8) is 0 Å². The van der Waals surface area contributed by atoms with E-state index in [9.17, 15) is 4.39 Å². The Morgan fingerprint density at radius 1 is 1.05 bits per heavy atom. The first-order chi connectivity index (χ1) is 10.7. The molecule has 0 aliphatic carbocycles. The van der Waals surface area contributed by atoms with E-state index in [0.29, 0.717) is 6.54 Å². The van der Waals surface area contributed by atoms with Gasteiger partial charge in [0, 0.05) is 18.7 Å². The monoisotopic (exact) mass is 295 g/mol. The number of H-pyrrole nitrogens is 1. The van der Waals surface area contributed by atoms with E-state index < -0.39 is 0 Å². The Labute approximate surface area is 129 Å². The first kappa shape index (κ1) is 14.3. The van der Waals surface area contributed by atoms with Gasteiger partial charge in [0.25, 0.3) is 0 Å². The van der Waals surface area contributed by atoms with Crippen LogP contribution in [0.15, 0.2) is 54.7 Å². The van der Waals surface area contributed by atoms with Crippen LogP contribution < -0.4 is 5.32 Å². The molecular formula is C18H18FN3. The van der Waals surface area contributed by atoms with Gasteiger partial charge in [0.1, 0.15) is 11.6 Å². The minimum atomic E-state index is -0.209. The standard InChI is InChI=1S/C18H18FN3/c1-2-18-21-12-17(22-18)14-5-9-16(10-6-14)20-11-13-3-7-15(19)8-4-13/h3-10,12,20H,2,11H2,1H3,(H,21,22). The minimum absolute atomic E-state index is 0.209. The zero-order valence-corrected chi connectivity index (χ0v) is 12.4. The molecule has 0 saturated heterocycles. The van der Waals surface area contributed by atoms with E-state index in [4.69, 9.17) is 0 Å². The number of aromatic amines is 1. The van der Waals surface area contributed by atoms with E-state index in [1.54, 1.807) is 12.1 Å². The second-order valence-corrected chi connectivity index (χ2v) is 5.15. The summed E-state index contributed by atoms with van der Waals surface area (Å²) in [4.78, 5) is 7.61. The highest BCUT2D eigenvalue weighted by molar-refractivity contribution is 5.62. The maximum Gasteiger partial charge on any atom is 0.123 e. The number of imidazole rings is 1. The molecule has 0 aliphatic heterocycles. The van der Waals surface area contributed by atoms with Crippen molar-refractivity contribution >= 4 is 5.69 Å². The lowest BCUT2D eigenvalue weighted by atomic mass is 10.1. The van der Waals surface area contributed by atoms with E-state index in [1.807, 2.05) is 18.3 Å². The maximum absolute atomic E-state index is 12.9. The SMILES string of the molecule is CCc1ncc(-c2ccc(NCc3ccc(F)cc3)cc2)[nH]1. The van der Waals surface area contributed by atoms with Crippen LogP contribution in [0.5, 0.6) is 0 Å². The fourth-order valence-corrected chi connectivity index (χ4v) is 2.26. The molecule has 3 rings (SSSR count). The number of aryl methyl sites for hydroxylation is 1. The number of halogens is 1. The predicted molar refractivity (Wildman–Crippen MR) is 87.1 cm³/mol. The zero-order valence-electron chi connectivity index (χ0n) is 12.4. The van der Waals surface area contributed by atoms with Gasteiger partial charge in [-0.05, 0) is 35.4 Å². The molecule has 0 atom stereocenters. The largest absolute Gasteiger partial charge is 0.381 e. The number of hydrogen-bond acceptors (Lipinski definition) is 2. The topological polar surface area (TPSA) is 40.7 Å². The number of nitrogens with zero attached hydrogens (tertiary/aromatic N) is 1. The zero-order chi connectivity index (χ0) is 15.4. The molecule has 112 valence electrons. The molecule has 0 bridgehead atoms. The third-order valence-corrected chi connectivity index (χ3v) is 3.57. The van der Waals surface area contributed by atoms with Gasteiger partial charge in [-0.1, -0.05) is 31.2 Å². The fraction of sp³-hybridized carbons (Fsp3) is 0.167. The molecule has 0 saturated carbocycles. The molecule has 22 heavy (non-hydrogen) atoms. The van der Waals surface area contributed by atoms with Crippen LogP contribution in [0.25, 0.3) is 11.3 Å². The van der Waals surface area contributed by atoms with Crippen molar-refractivity contribution in [2.24, 2.45) is 0 Å². The van der Waals surface area contributed by atoms with Gasteiger partial charge < -0.3 is 10.3 Å². The number of hydrogen-bond donors (Lipinski definition) is 2. The summed E-state index contributed by atoms with van der Waals surface area (Å²) in [7, 11) is 0. The summed E-state index contributed by atoms with van der Waals surface area (Å²) in [5, 5.41) is 3.33. The van der Waals surface area contributed by atoms with Crippen LogP contribution in [0.4, 0.5) is 10.1 Å². The highest BCUT2D eigenvalue weighted by Gasteiger charge is 2.02. The van der Waals surface area contributed by atoms with Crippen molar-refractivity contribution in [3.8, 4) is 11.3 Å². The average molecular weight is 295 g/mol. The van der Waals surface area contributed by atoms with Gasteiger partial charge in [-0.15, -0.1) is 0 Å². The summed E-state index contributed by atoms with van der Waals surface area (Å²) >= 11 is 0. The summed E-state index contributed by atoms with van der Waals surface area (Å²) in [6.45, 7) is 2.74. The number of rotatable bonds is 5. The summed E-state index contributed by atoms with van der Waals surface area (Å²) < 4.78 is 12.9. The van der Waals surface area contributed by atoms with Crippen LogP contribution in [0, 0.1) is 5.82 Å². The lowest BCUT2D eigenvalue weighted by Gasteiger charge is -2.07. The van der Waals surface area contributed by atoms with Gasteiger partial charge in [0.2, 0.25) is 0 Å². The Hall–Kier alpha value is -2.62. The summed E-state index contributed by atoms with van der Waals surface area (Å²) in [5.41, 5.74) is 4.22. The molecule has 0 radical (unpaired) electrons. The molecule has 3 nitrogen and oxygen atoms in total. The molecule has 0 amide bonds. The molecule has 2 aromatic carbocycles. The lowest BCUT2D eigenvalue weighted by Crippen LogP contribution is -1.99. The van der Waals surface area contributed by atoms with E-state index in [0.717, 1.165) is 34.8 Å². The van der Waals surface area contributed by atoms with Crippen LogP contribution in [-0.2, 0) is 13.0 Å². The highest BCUT2D eigenvalue weighted by atomic mass is 19.1. The number of anilines is 1. The van der Waals surface area contributed by atoms with Crippen LogP contribution in [-0.4, -0.2) is 9.97 Å². The van der Waals surface area contributed by atoms with Crippen LogP contribution in [0.1, 0.15) is 18.3 Å². The smallest absolute Gasteiger partial charge is 0.123 e. The molecule has 0 spiro atoms. The van der Waals surface area contributed by atoms with Crippen LogP contribution in [0.3, 0.4) is 0 Å². The third-order valence-electron chi connectivity index (χ3n) is 3.57. The highest BCUT2D eigenvalue weighted by Crippen LogP contribution is 2.20. The molecule has 0 fully saturated rings. The lowest BCUT2D eigenvalue weighted by molar-refractivity contribution is 0.627. The summed E-state index contributed by atoms with van der Waals surface area (Å²) in [6, 6.07) is 14.7. The Balaban J connectivity index is 1.65. The van der Waals surface area contributed by atoms with E-state index in [2.05, 4.69) is 34.3 Å². The number of nitrogens with one attached hydrogen (secondary N) is 2. The first-order valence-corrected chi connectivity index (χ1v) is 7.37.